The molecule has 0 amide bonds. The van der Waals surface area contributed by atoms with Crippen LogP contribution in [0.15, 0.2) is 60.8 Å². The number of benzene rings is 2. The lowest BCUT2D eigenvalue weighted by Gasteiger charge is -2.06. The smallest absolute Gasteiger partial charge is 0.209 e. The van der Waals surface area contributed by atoms with E-state index < -0.39 is 0 Å². The highest BCUT2D eigenvalue weighted by molar-refractivity contribution is 6.32. The zero-order valence-corrected chi connectivity index (χ0v) is 14.3. The topological polar surface area (TPSA) is 61.4 Å². The van der Waals surface area contributed by atoms with Gasteiger partial charge in [0.15, 0.2) is 0 Å². The fourth-order valence-electron chi connectivity index (χ4n) is 2.62. The summed E-state index contributed by atoms with van der Waals surface area (Å²) >= 11 is 6.52. The molecule has 124 valence electrons. The summed E-state index contributed by atoms with van der Waals surface area (Å²) in [6.45, 7) is 2.57. The van der Waals surface area contributed by atoms with Crippen LogP contribution in [-0.4, -0.2) is 30.0 Å². The normalized spacial score (nSPS) is 11.0. The molecule has 0 saturated heterocycles. The molecule has 25 heavy (non-hydrogen) atoms. The average molecular weight is 351 g/mol. The molecule has 7 heteroatoms. The van der Waals surface area contributed by atoms with Gasteiger partial charge in [0.1, 0.15) is 5.15 Å². The summed E-state index contributed by atoms with van der Waals surface area (Å²) in [6.07, 6.45) is 1.67. The van der Waals surface area contributed by atoms with E-state index in [2.05, 4.69) is 20.5 Å². The van der Waals surface area contributed by atoms with E-state index in [1.807, 2.05) is 61.5 Å². The molecule has 4 aromatic rings. The minimum Gasteiger partial charge on any atom is -0.221 e. The first-order chi connectivity index (χ1) is 12.2. The Morgan fingerprint density at radius 2 is 1.76 bits per heavy atom. The Hall–Kier alpha value is -2.99. The predicted octanol–water partition coefficient (Wildman–Crippen LogP) is 3.54. The molecule has 0 fully saturated rings. The Morgan fingerprint density at radius 1 is 1.00 bits per heavy atom. The van der Waals surface area contributed by atoms with Crippen LogP contribution in [0.1, 0.15) is 11.1 Å². The van der Waals surface area contributed by atoms with Gasteiger partial charge in [-0.05, 0) is 29.3 Å². The van der Waals surface area contributed by atoms with Gasteiger partial charge in [-0.1, -0.05) is 60.1 Å². The highest BCUT2D eigenvalue weighted by Gasteiger charge is 2.17. The van der Waals surface area contributed by atoms with E-state index in [9.17, 15) is 0 Å². The second-order valence-corrected chi connectivity index (χ2v) is 6.03. The maximum absolute atomic E-state index is 6.52. The lowest BCUT2D eigenvalue weighted by Crippen LogP contribution is -2.03. The van der Waals surface area contributed by atoms with Gasteiger partial charge >= 0.3 is 0 Å². The van der Waals surface area contributed by atoms with Gasteiger partial charge in [-0.3, -0.25) is 0 Å². The Bertz CT molecular complexity index is 1010. The van der Waals surface area contributed by atoms with Crippen molar-refractivity contribution in [2.75, 3.05) is 0 Å². The number of aromatic nitrogens is 6. The Labute approximate surface area is 149 Å². The maximum atomic E-state index is 6.52. The number of para-hydroxylation sites is 1. The van der Waals surface area contributed by atoms with Crippen molar-refractivity contribution in [2.45, 2.75) is 13.5 Å². The van der Waals surface area contributed by atoms with Gasteiger partial charge in [0, 0.05) is 0 Å². The predicted molar refractivity (Wildman–Crippen MR) is 95.7 cm³/mol. The van der Waals surface area contributed by atoms with Crippen molar-refractivity contribution in [1.82, 2.24) is 30.0 Å². The Kier molecular flexibility index (Phi) is 4.03. The number of aryl methyl sites for hydroxylation is 1. The lowest BCUT2D eigenvalue weighted by molar-refractivity contribution is 0.573. The van der Waals surface area contributed by atoms with E-state index in [1.165, 1.54) is 0 Å². The van der Waals surface area contributed by atoms with Gasteiger partial charge < -0.3 is 0 Å². The largest absolute Gasteiger partial charge is 0.221 e. The van der Waals surface area contributed by atoms with Crippen molar-refractivity contribution in [1.29, 1.82) is 0 Å². The number of rotatable bonds is 4. The van der Waals surface area contributed by atoms with Crippen molar-refractivity contribution in [3.8, 4) is 17.1 Å². The van der Waals surface area contributed by atoms with Crippen LogP contribution < -0.4 is 0 Å². The number of hydrogen-bond donors (Lipinski definition) is 0. The molecule has 0 aliphatic heterocycles. The zero-order valence-electron chi connectivity index (χ0n) is 13.5. The van der Waals surface area contributed by atoms with Crippen LogP contribution in [0.3, 0.4) is 0 Å². The third kappa shape index (κ3) is 3.04. The first-order valence-electron chi connectivity index (χ1n) is 7.84. The zero-order chi connectivity index (χ0) is 17.2. The average Bonchev–Trinajstić information content (AvgIpc) is 3.23. The molecule has 0 unspecified atom stereocenters. The summed E-state index contributed by atoms with van der Waals surface area (Å²) < 4.78 is 1.68. The number of tetrazole rings is 1. The molecule has 2 aromatic heterocycles. The van der Waals surface area contributed by atoms with Crippen LogP contribution in [0.25, 0.3) is 17.1 Å². The molecule has 4 rings (SSSR count). The molecule has 0 N–H and O–H groups in total. The molecule has 0 saturated carbocycles. The van der Waals surface area contributed by atoms with Crippen LogP contribution in [0.2, 0.25) is 5.15 Å². The van der Waals surface area contributed by atoms with Crippen LogP contribution in [0.5, 0.6) is 0 Å². The molecule has 0 aliphatic rings. The SMILES string of the molecule is Cc1ccccc1-n1ncc(-c2nnn(Cc3ccccc3)n2)c1Cl. The second kappa shape index (κ2) is 6.49. The second-order valence-electron chi connectivity index (χ2n) is 5.68. The van der Waals surface area contributed by atoms with E-state index in [0.717, 1.165) is 16.8 Å². The molecular weight excluding hydrogens is 336 g/mol. The molecular formula is C18H15ClN6. The Morgan fingerprint density at radius 3 is 2.56 bits per heavy atom. The van der Waals surface area contributed by atoms with Crippen molar-refractivity contribution in [3.05, 3.63) is 77.1 Å². The standard InChI is InChI=1S/C18H15ClN6/c1-13-7-5-6-10-16(13)25-17(19)15(11-20-25)18-21-23-24(22-18)12-14-8-3-2-4-9-14/h2-11H,12H2,1H3. The van der Waals surface area contributed by atoms with Crippen molar-refractivity contribution < 1.29 is 0 Å². The van der Waals surface area contributed by atoms with Gasteiger partial charge in [-0.25, -0.2) is 4.68 Å². The number of nitrogens with zero attached hydrogens (tertiary/aromatic N) is 6. The third-order valence-electron chi connectivity index (χ3n) is 3.91. The monoisotopic (exact) mass is 350 g/mol. The van der Waals surface area contributed by atoms with Crippen LogP contribution in [-0.2, 0) is 6.54 Å². The quantitative estimate of drug-likeness (QED) is 0.565. The van der Waals surface area contributed by atoms with E-state index in [-0.39, 0.29) is 0 Å². The molecule has 2 heterocycles. The molecule has 6 nitrogen and oxygen atoms in total. The summed E-state index contributed by atoms with van der Waals surface area (Å²) in [5.41, 5.74) is 3.77. The molecule has 0 atom stereocenters. The summed E-state index contributed by atoms with van der Waals surface area (Å²) in [6, 6.07) is 17.9. The molecule has 2 aromatic carbocycles. The van der Waals surface area contributed by atoms with Gasteiger partial charge in [-0.15, -0.1) is 10.2 Å². The first kappa shape index (κ1) is 15.5. The summed E-state index contributed by atoms with van der Waals surface area (Å²) in [4.78, 5) is 1.55. The number of halogens is 1. The van der Waals surface area contributed by atoms with E-state index in [4.69, 9.17) is 11.6 Å². The van der Waals surface area contributed by atoms with Crippen molar-refractivity contribution >= 4 is 11.6 Å². The van der Waals surface area contributed by atoms with Crippen LogP contribution in [0, 0.1) is 6.92 Å². The van der Waals surface area contributed by atoms with Crippen molar-refractivity contribution in [3.63, 3.8) is 0 Å². The minimum atomic E-state index is 0.459. The fraction of sp³-hybridized carbons (Fsp3) is 0.111. The maximum Gasteiger partial charge on any atom is 0.209 e. The first-order valence-corrected chi connectivity index (χ1v) is 8.22. The minimum absolute atomic E-state index is 0.459. The molecule has 0 aliphatic carbocycles. The lowest BCUT2D eigenvalue weighted by atomic mass is 10.2. The Balaban J connectivity index is 1.64. The van der Waals surface area contributed by atoms with E-state index >= 15 is 0 Å². The molecule has 0 bridgehead atoms. The molecule has 0 radical (unpaired) electrons. The van der Waals surface area contributed by atoms with Crippen LogP contribution >= 0.6 is 11.6 Å². The summed E-state index contributed by atoms with van der Waals surface area (Å²) in [5.74, 6) is 0.459. The fourth-order valence-corrected chi connectivity index (χ4v) is 2.89. The van der Waals surface area contributed by atoms with Gasteiger partial charge in [-0.2, -0.15) is 9.90 Å². The highest BCUT2D eigenvalue weighted by Crippen LogP contribution is 2.28. The number of hydrogen-bond acceptors (Lipinski definition) is 4. The third-order valence-corrected chi connectivity index (χ3v) is 4.28. The molecule has 0 spiro atoms. The van der Waals surface area contributed by atoms with Gasteiger partial charge in [0.05, 0.1) is 24.0 Å². The van der Waals surface area contributed by atoms with Gasteiger partial charge in [0.25, 0.3) is 0 Å². The van der Waals surface area contributed by atoms with Crippen molar-refractivity contribution in [2.24, 2.45) is 0 Å². The van der Waals surface area contributed by atoms with E-state index in [1.54, 1.807) is 15.7 Å². The van der Waals surface area contributed by atoms with Crippen LogP contribution in [0.4, 0.5) is 0 Å². The highest BCUT2D eigenvalue weighted by atomic mass is 35.5. The summed E-state index contributed by atoms with van der Waals surface area (Å²) in [5, 5.41) is 17.5. The summed E-state index contributed by atoms with van der Waals surface area (Å²) in [7, 11) is 0. The van der Waals surface area contributed by atoms with Gasteiger partial charge in [0.2, 0.25) is 5.82 Å². The van der Waals surface area contributed by atoms with E-state index in [0.29, 0.717) is 23.1 Å².